The van der Waals surface area contributed by atoms with Crippen molar-refractivity contribution in [3.63, 3.8) is 0 Å². The lowest BCUT2D eigenvalue weighted by Gasteiger charge is -2.28. The van der Waals surface area contributed by atoms with E-state index >= 15 is 0 Å². The van der Waals surface area contributed by atoms with Gasteiger partial charge in [0.15, 0.2) is 0 Å². The maximum Gasteiger partial charge on any atom is 0.123 e. The zero-order valence-electron chi connectivity index (χ0n) is 13.4. The molecule has 4 rings (SSSR count). The third-order valence-electron chi connectivity index (χ3n) is 5.16. The van der Waals surface area contributed by atoms with Gasteiger partial charge in [-0.25, -0.2) is 9.37 Å². The van der Waals surface area contributed by atoms with Crippen molar-refractivity contribution >= 4 is 22.6 Å². The molecule has 1 aliphatic carbocycles. The van der Waals surface area contributed by atoms with E-state index in [9.17, 15) is 4.39 Å². The monoisotopic (exact) mass is 342 g/mol. The van der Waals surface area contributed by atoms with E-state index in [-0.39, 0.29) is 5.82 Å². The van der Waals surface area contributed by atoms with Crippen LogP contribution in [-0.2, 0) is 6.42 Å². The van der Waals surface area contributed by atoms with Gasteiger partial charge in [0.05, 0.1) is 11.0 Å². The van der Waals surface area contributed by atoms with Gasteiger partial charge < -0.3 is 4.98 Å². The number of imidazole rings is 1. The van der Waals surface area contributed by atoms with E-state index in [1.165, 1.54) is 31.2 Å². The van der Waals surface area contributed by atoms with Crippen LogP contribution in [0.2, 0.25) is 5.02 Å². The van der Waals surface area contributed by atoms with Gasteiger partial charge in [-0.3, -0.25) is 0 Å². The first-order valence-electron chi connectivity index (χ1n) is 8.57. The number of nitrogens with one attached hydrogen (secondary N) is 1. The summed E-state index contributed by atoms with van der Waals surface area (Å²) in [4.78, 5) is 8.08. The number of aromatic amines is 1. The van der Waals surface area contributed by atoms with Crippen molar-refractivity contribution in [1.29, 1.82) is 0 Å². The first-order chi connectivity index (χ1) is 11.7. The van der Waals surface area contributed by atoms with Crippen molar-refractivity contribution in [1.82, 2.24) is 9.97 Å². The minimum absolute atomic E-state index is 0.155. The van der Waals surface area contributed by atoms with Gasteiger partial charge in [0.1, 0.15) is 11.6 Å². The highest BCUT2D eigenvalue weighted by atomic mass is 35.5. The Kier molecular flexibility index (Phi) is 4.28. The summed E-state index contributed by atoms with van der Waals surface area (Å²) < 4.78 is 13.1. The van der Waals surface area contributed by atoms with Crippen LogP contribution in [0.15, 0.2) is 42.5 Å². The fourth-order valence-electron chi connectivity index (χ4n) is 3.84. The molecule has 0 saturated heterocycles. The van der Waals surface area contributed by atoms with E-state index in [1.54, 1.807) is 12.1 Å². The van der Waals surface area contributed by atoms with Crippen LogP contribution in [0.5, 0.6) is 0 Å². The van der Waals surface area contributed by atoms with E-state index < -0.39 is 0 Å². The first-order valence-corrected chi connectivity index (χ1v) is 8.95. The molecular weight excluding hydrogens is 323 g/mol. The fourth-order valence-corrected chi connectivity index (χ4v) is 4.00. The zero-order valence-corrected chi connectivity index (χ0v) is 14.2. The standard InChI is InChI=1S/C20H20ClFN2/c21-16-7-10-18-19(12-16)24-20(23-18)11-13-1-3-14(4-2-13)15-5-8-17(22)9-6-15/h5-10,12-14H,1-4,11H2,(H,23,24)/t13-,14+. The lowest BCUT2D eigenvalue weighted by atomic mass is 9.77. The number of fused-ring (bicyclic) bond motifs is 1. The SMILES string of the molecule is Fc1ccc([C@H]2CC[C@@H](Cc3nc4cc(Cl)ccc4[nH]3)CC2)cc1. The number of halogens is 2. The van der Waals surface area contributed by atoms with Gasteiger partial charge in [-0.05, 0) is 73.4 Å². The number of H-pyrrole nitrogens is 1. The lowest BCUT2D eigenvalue weighted by molar-refractivity contribution is 0.321. The molecule has 4 heteroatoms. The molecule has 1 aliphatic rings. The van der Waals surface area contributed by atoms with Gasteiger partial charge in [0, 0.05) is 11.4 Å². The normalized spacial score (nSPS) is 21.2. The van der Waals surface area contributed by atoms with Gasteiger partial charge in [-0.2, -0.15) is 0 Å². The fraction of sp³-hybridized carbons (Fsp3) is 0.350. The van der Waals surface area contributed by atoms with E-state index in [4.69, 9.17) is 11.6 Å². The highest BCUT2D eigenvalue weighted by molar-refractivity contribution is 6.31. The van der Waals surface area contributed by atoms with Crippen molar-refractivity contribution in [2.45, 2.75) is 38.0 Å². The average Bonchev–Trinajstić information content (AvgIpc) is 2.98. The molecule has 124 valence electrons. The van der Waals surface area contributed by atoms with Gasteiger partial charge in [-0.15, -0.1) is 0 Å². The third-order valence-corrected chi connectivity index (χ3v) is 5.40. The Bertz CT molecular complexity index is 832. The molecule has 1 heterocycles. The molecule has 1 aromatic heterocycles. The Morgan fingerprint density at radius 2 is 1.79 bits per heavy atom. The molecule has 0 spiro atoms. The Morgan fingerprint density at radius 3 is 2.54 bits per heavy atom. The van der Waals surface area contributed by atoms with Gasteiger partial charge in [0.2, 0.25) is 0 Å². The summed E-state index contributed by atoms with van der Waals surface area (Å²) in [5, 5.41) is 0.723. The predicted molar refractivity (Wildman–Crippen MR) is 95.9 cm³/mol. The number of nitrogens with zero attached hydrogens (tertiary/aromatic N) is 1. The smallest absolute Gasteiger partial charge is 0.123 e. The van der Waals surface area contributed by atoms with Crippen LogP contribution in [-0.4, -0.2) is 9.97 Å². The molecule has 1 N–H and O–H groups in total. The summed E-state index contributed by atoms with van der Waals surface area (Å²) >= 11 is 6.03. The van der Waals surface area contributed by atoms with E-state index in [1.807, 2.05) is 30.3 Å². The van der Waals surface area contributed by atoms with Crippen molar-refractivity contribution < 1.29 is 4.39 Å². The predicted octanol–water partition coefficient (Wildman–Crippen LogP) is 5.87. The van der Waals surface area contributed by atoms with E-state index in [0.717, 1.165) is 28.3 Å². The summed E-state index contributed by atoms with van der Waals surface area (Å²) in [7, 11) is 0. The molecule has 24 heavy (non-hydrogen) atoms. The van der Waals surface area contributed by atoms with Crippen LogP contribution in [0.25, 0.3) is 11.0 Å². The van der Waals surface area contributed by atoms with Crippen LogP contribution in [0.4, 0.5) is 4.39 Å². The highest BCUT2D eigenvalue weighted by Crippen LogP contribution is 2.37. The average molecular weight is 343 g/mol. The molecule has 0 bridgehead atoms. The van der Waals surface area contributed by atoms with Crippen LogP contribution in [0, 0.1) is 11.7 Å². The quantitative estimate of drug-likeness (QED) is 0.633. The van der Waals surface area contributed by atoms with Crippen LogP contribution in [0.1, 0.15) is 43.0 Å². The second kappa shape index (κ2) is 6.56. The summed E-state index contributed by atoms with van der Waals surface area (Å²) in [5.74, 6) is 2.13. The molecule has 2 nitrogen and oxygen atoms in total. The summed E-state index contributed by atoms with van der Waals surface area (Å²) in [6.45, 7) is 0. The van der Waals surface area contributed by atoms with Gasteiger partial charge in [-0.1, -0.05) is 23.7 Å². The molecule has 0 aliphatic heterocycles. The molecule has 0 atom stereocenters. The number of hydrogen-bond acceptors (Lipinski definition) is 1. The third kappa shape index (κ3) is 3.32. The van der Waals surface area contributed by atoms with Crippen LogP contribution < -0.4 is 0 Å². The number of hydrogen-bond donors (Lipinski definition) is 1. The Morgan fingerprint density at radius 1 is 1.04 bits per heavy atom. The highest BCUT2D eigenvalue weighted by Gasteiger charge is 2.23. The van der Waals surface area contributed by atoms with Crippen molar-refractivity contribution in [2.75, 3.05) is 0 Å². The summed E-state index contributed by atoms with van der Waals surface area (Å²) in [6, 6.07) is 12.8. The molecule has 1 saturated carbocycles. The van der Waals surface area contributed by atoms with Crippen LogP contribution >= 0.6 is 11.6 Å². The summed E-state index contributed by atoms with van der Waals surface area (Å²) in [6.07, 6.45) is 5.72. The van der Waals surface area contributed by atoms with E-state index in [2.05, 4.69) is 9.97 Å². The molecule has 2 aromatic carbocycles. The minimum Gasteiger partial charge on any atom is -0.342 e. The molecular formula is C20H20ClFN2. The Balaban J connectivity index is 1.39. The Hall–Kier alpha value is -1.87. The first kappa shape index (κ1) is 15.6. The molecule has 0 radical (unpaired) electrons. The largest absolute Gasteiger partial charge is 0.342 e. The van der Waals surface area contributed by atoms with Crippen molar-refractivity contribution in [2.24, 2.45) is 5.92 Å². The topological polar surface area (TPSA) is 28.7 Å². The maximum atomic E-state index is 13.1. The van der Waals surface area contributed by atoms with E-state index in [0.29, 0.717) is 11.8 Å². The maximum absolute atomic E-state index is 13.1. The molecule has 1 fully saturated rings. The number of aromatic nitrogens is 2. The minimum atomic E-state index is -0.155. The molecule has 3 aromatic rings. The Labute approximate surface area is 146 Å². The molecule has 0 amide bonds. The van der Waals surface area contributed by atoms with Gasteiger partial charge >= 0.3 is 0 Å². The number of benzene rings is 2. The second-order valence-corrected chi connectivity index (χ2v) is 7.25. The lowest BCUT2D eigenvalue weighted by Crippen LogP contribution is -2.15. The second-order valence-electron chi connectivity index (χ2n) is 6.82. The van der Waals surface area contributed by atoms with Crippen molar-refractivity contribution in [3.8, 4) is 0 Å². The summed E-state index contributed by atoms with van der Waals surface area (Å²) in [5.41, 5.74) is 3.26. The molecule has 0 unspecified atom stereocenters. The zero-order chi connectivity index (χ0) is 16.5. The van der Waals surface area contributed by atoms with Crippen LogP contribution in [0.3, 0.4) is 0 Å². The van der Waals surface area contributed by atoms with Crippen molar-refractivity contribution in [3.05, 3.63) is 64.7 Å². The number of rotatable bonds is 3. The van der Waals surface area contributed by atoms with Gasteiger partial charge in [0.25, 0.3) is 0 Å².